The lowest BCUT2D eigenvalue weighted by molar-refractivity contribution is 0.0941. The van der Waals surface area contributed by atoms with E-state index in [9.17, 15) is 4.79 Å². The van der Waals surface area contributed by atoms with Crippen LogP contribution in [0.15, 0.2) is 42.5 Å². The van der Waals surface area contributed by atoms with Gasteiger partial charge in [-0.25, -0.2) is 0 Å². The summed E-state index contributed by atoms with van der Waals surface area (Å²) in [5.41, 5.74) is 0.745. The Morgan fingerprint density at radius 1 is 1.24 bits per heavy atom. The monoisotopic (exact) mass is 282 g/mol. The Kier molecular flexibility index (Phi) is 4.20. The van der Waals surface area contributed by atoms with E-state index in [2.05, 4.69) is 23.2 Å². The van der Waals surface area contributed by atoms with Crippen molar-refractivity contribution in [2.45, 2.75) is 25.8 Å². The molecule has 1 aliphatic rings. The van der Waals surface area contributed by atoms with E-state index in [-0.39, 0.29) is 5.91 Å². The predicted molar refractivity (Wildman–Crippen MR) is 86.6 cm³/mol. The van der Waals surface area contributed by atoms with Gasteiger partial charge in [0, 0.05) is 18.2 Å². The summed E-state index contributed by atoms with van der Waals surface area (Å²) in [4.78, 5) is 14.8. The van der Waals surface area contributed by atoms with Crippen LogP contribution < -0.4 is 5.32 Å². The summed E-state index contributed by atoms with van der Waals surface area (Å²) >= 11 is 0. The SMILES string of the molecule is CCN1CCC[C@H]1CNC(=O)c1ccc2ccccc2c1. The van der Waals surface area contributed by atoms with Gasteiger partial charge in [-0.15, -0.1) is 0 Å². The molecule has 2 aromatic rings. The van der Waals surface area contributed by atoms with Crippen LogP contribution in [0.25, 0.3) is 10.8 Å². The average molecular weight is 282 g/mol. The summed E-state index contributed by atoms with van der Waals surface area (Å²) in [6.07, 6.45) is 2.43. The maximum Gasteiger partial charge on any atom is 0.251 e. The quantitative estimate of drug-likeness (QED) is 0.934. The number of nitrogens with one attached hydrogen (secondary N) is 1. The van der Waals surface area contributed by atoms with E-state index in [0.717, 1.165) is 30.6 Å². The fourth-order valence-corrected chi connectivity index (χ4v) is 3.19. The summed E-state index contributed by atoms with van der Waals surface area (Å²) < 4.78 is 0. The minimum Gasteiger partial charge on any atom is -0.350 e. The number of amides is 1. The molecule has 1 atom stereocenters. The Morgan fingerprint density at radius 3 is 2.86 bits per heavy atom. The fourth-order valence-electron chi connectivity index (χ4n) is 3.19. The lowest BCUT2D eigenvalue weighted by Crippen LogP contribution is -2.40. The van der Waals surface area contributed by atoms with Crippen molar-refractivity contribution in [1.29, 1.82) is 0 Å². The maximum absolute atomic E-state index is 12.3. The number of likely N-dealkylation sites (N-methyl/N-ethyl adjacent to an activating group) is 1. The first-order valence-electron chi connectivity index (χ1n) is 7.79. The summed E-state index contributed by atoms with van der Waals surface area (Å²) in [5.74, 6) is 0.0312. The number of likely N-dealkylation sites (tertiary alicyclic amines) is 1. The number of carbonyl (C=O) groups is 1. The zero-order valence-corrected chi connectivity index (χ0v) is 12.5. The Bertz CT molecular complexity index is 638. The van der Waals surface area contributed by atoms with E-state index in [0.29, 0.717) is 6.04 Å². The van der Waals surface area contributed by atoms with Gasteiger partial charge in [0.2, 0.25) is 0 Å². The molecule has 21 heavy (non-hydrogen) atoms. The van der Waals surface area contributed by atoms with E-state index in [1.54, 1.807) is 0 Å². The van der Waals surface area contributed by atoms with E-state index in [1.807, 2.05) is 36.4 Å². The molecule has 0 saturated carbocycles. The molecule has 1 N–H and O–H groups in total. The van der Waals surface area contributed by atoms with Gasteiger partial charge in [0.05, 0.1) is 0 Å². The molecule has 1 fully saturated rings. The second-order valence-electron chi connectivity index (χ2n) is 5.70. The summed E-state index contributed by atoms with van der Waals surface area (Å²) in [6.45, 7) is 5.16. The third kappa shape index (κ3) is 3.08. The van der Waals surface area contributed by atoms with Crippen molar-refractivity contribution in [3.63, 3.8) is 0 Å². The Labute approximate surface area is 125 Å². The van der Waals surface area contributed by atoms with Crippen molar-refractivity contribution in [2.24, 2.45) is 0 Å². The third-order valence-corrected chi connectivity index (χ3v) is 4.42. The van der Waals surface area contributed by atoms with Crippen LogP contribution in [0.5, 0.6) is 0 Å². The zero-order chi connectivity index (χ0) is 14.7. The van der Waals surface area contributed by atoms with Gasteiger partial charge >= 0.3 is 0 Å². The highest BCUT2D eigenvalue weighted by atomic mass is 16.1. The molecule has 0 bridgehead atoms. The van der Waals surface area contributed by atoms with Gasteiger partial charge in [-0.3, -0.25) is 9.69 Å². The standard InChI is InChI=1S/C18H22N2O/c1-2-20-11-5-8-17(20)13-19-18(21)16-10-9-14-6-3-4-7-15(14)12-16/h3-4,6-7,9-10,12,17H,2,5,8,11,13H2,1H3,(H,19,21)/t17-/m0/s1. The lowest BCUT2D eigenvalue weighted by Gasteiger charge is -2.22. The second kappa shape index (κ2) is 6.27. The van der Waals surface area contributed by atoms with Crippen LogP contribution in [0.4, 0.5) is 0 Å². The number of hydrogen-bond donors (Lipinski definition) is 1. The largest absolute Gasteiger partial charge is 0.350 e. The first-order valence-corrected chi connectivity index (χ1v) is 7.79. The zero-order valence-electron chi connectivity index (χ0n) is 12.5. The van der Waals surface area contributed by atoms with Crippen molar-refractivity contribution in [3.05, 3.63) is 48.0 Å². The number of fused-ring (bicyclic) bond motifs is 1. The van der Waals surface area contributed by atoms with Gasteiger partial charge < -0.3 is 5.32 Å². The Hall–Kier alpha value is -1.87. The molecule has 2 aromatic carbocycles. The molecule has 0 radical (unpaired) electrons. The van der Waals surface area contributed by atoms with E-state index in [1.165, 1.54) is 18.2 Å². The van der Waals surface area contributed by atoms with Crippen molar-refractivity contribution < 1.29 is 4.79 Å². The molecule has 0 unspecified atom stereocenters. The minimum absolute atomic E-state index is 0.0312. The van der Waals surface area contributed by atoms with Crippen molar-refractivity contribution >= 4 is 16.7 Å². The summed E-state index contributed by atoms with van der Waals surface area (Å²) in [6, 6.07) is 14.5. The molecule has 1 heterocycles. The molecule has 0 spiro atoms. The highest BCUT2D eigenvalue weighted by molar-refractivity contribution is 5.98. The third-order valence-electron chi connectivity index (χ3n) is 4.42. The van der Waals surface area contributed by atoms with Crippen molar-refractivity contribution in [2.75, 3.05) is 19.6 Å². The molecule has 3 rings (SSSR count). The van der Waals surface area contributed by atoms with Crippen LogP contribution in [-0.2, 0) is 0 Å². The van der Waals surface area contributed by atoms with Gasteiger partial charge in [-0.05, 0) is 48.8 Å². The molecule has 3 nitrogen and oxygen atoms in total. The average Bonchev–Trinajstić information content (AvgIpc) is 2.99. The van der Waals surface area contributed by atoms with Gasteiger partial charge in [0.15, 0.2) is 0 Å². The van der Waals surface area contributed by atoms with Crippen molar-refractivity contribution in [3.8, 4) is 0 Å². The smallest absolute Gasteiger partial charge is 0.251 e. The molecule has 0 aromatic heterocycles. The number of nitrogens with zero attached hydrogens (tertiary/aromatic N) is 1. The molecule has 0 aliphatic carbocycles. The van der Waals surface area contributed by atoms with Crippen molar-refractivity contribution in [1.82, 2.24) is 10.2 Å². The van der Waals surface area contributed by atoms with E-state index >= 15 is 0 Å². The molecule has 1 amide bonds. The van der Waals surface area contributed by atoms with Crippen LogP contribution in [0.3, 0.4) is 0 Å². The first kappa shape index (κ1) is 14.1. The van der Waals surface area contributed by atoms with Gasteiger partial charge in [-0.2, -0.15) is 0 Å². The second-order valence-corrected chi connectivity index (χ2v) is 5.70. The maximum atomic E-state index is 12.3. The number of carbonyl (C=O) groups excluding carboxylic acids is 1. The van der Waals surface area contributed by atoms with E-state index in [4.69, 9.17) is 0 Å². The van der Waals surface area contributed by atoms with Gasteiger partial charge in [-0.1, -0.05) is 37.3 Å². The number of rotatable bonds is 4. The molecular formula is C18H22N2O. The highest BCUT2D eigenvalue weighted by Gasteiger charge is 2.23. The van der Waals surface area contributed by atoms with Crippen LogP contribution in [0.1, 0.15) is 30.1 Å². The van der Waals surface area contributed by atoms with Crippen LogP contribution >= 0.6 is 0 Å². The van der Waals surface area contributed by atoms with E-state index < -0.39 is 0 Å². The molecule has 1 aliphatic heterocycles. The number of hydrogen-bond acceptors (Lipinski definition) is 2. The van der Waals surface area contributed by atoms with Gasteiger partial charge in [0.1, 0.15) is 0 Å². The summed E-state index contributed by atoms with van der Waals surface area (Å²) in [7, 11) is 0. The van der Waals surface area contributed by atoms with Crippen LogP contribution in [-0.4, -0.2) is 36.5 Å². The number of benzene rings is 2. The first-order chi connectivity index (χ1) is 10.3. The molecular weight excluding hydrogens is 260 g/mol. The topological polar surface area (TPSA) is 32.3 Å². The highest BCUT2D eigenvalue weighted by Crippen LogP contribution is 2.17. The van der Waals surface area contributed by atoms with Crippen LogP contribution in [0, 0.1) is 0 Å². The minimum atomic E-state index is 0.0312. The van der Waals surface area contributed by atoms with Gasteiger partial charge in [0.25, 0.3) is 5.91 Å². The normalized spacial score (nSPS) is 19.0. The molecule has 1 saturated heterocycles. The molecule has 110 valence electrons. The Balaban J connectivity index is 1.66. The predicted octanol–water partition coefficient (Wildman–Crippen LogP) is 3.05. The molecule has 3 heteroatoms. The summed E-state index contributed by atoms with van der Waals surface area (Å²) in [5, 5.41) is 5.37. The lowest BCUT2D eigenvalue weighted by atomic mass is 10.1. The fraction of sp³-hybridized carbons (Fsp3) is 0.389. The Morgan fingerprint density at radius 2 is 2.05 bits per heavy atom. The van der Waals surface area contributed by atoms with Crippen LogP contribution in [0.2, 0.25) is 0 Å².